The summed E-state index contributed by atoms with van der Waals surface area (Å²) in [5, 5.41) is 9.36. The molecule has 25 heavy (non-hydrogen) atoms. The largest absolute Gasteiger partial charge is 0.416 e. The Balaban J connectivity index is 2.33. The molecule has 2 aromatic rings. The summed E-state index contributed by atoms with van der Waals surface area (Å²) >= 11 is 0. The van der Waals surface area contributed by atoms with Gasteiger partial charge in [-0.15, -0.1) is 0 Å². The molecule has 136 valence electrons. The lowest BCUT2D eigenvalue weighted by atomic mass is 10.0. The van der Waals surface area contributed by atoms with Gasteiger partial charge in [-0.05, 0) is 29.3 Å². The van der Waals surface area contributed by atoms with Gasteiger partial charge in [0, 0.05) is 0 Å². The van der Waals surface area contributed by atoms with E-state index in [0.29, 0.717) is 17.7 Å². The summed E-state index contributed by atoms with van der Waals surface area (Å²) in [4.78, 5) is 0. The third kappa shape index (κ3) is 5.20. The SMILES string of the molecule is OCC(OCc1ccccc1)c1cc(C(F)(F)F)cc(C(F)(F)F)c1. The molecule has 0 aromatic heterocycles. The van der Waals surface area contributed by atoms with Crippen molar-refractivity contribution in [3.8, 4) is 0 Å². The van der Waals surface area contributed by atoms with Crippen LogP contribution >= 0.6 is 0 Å². The normalized spacial score (nSPS) is 13.7. The molecular formula is C17H14F6O2. The van der Waals surface area contributed by atoms with Gasteiger partial charge >= 0.3 is 12.4 Å². The molecule has 0 spiro atoms. The Morgan fingerprint density at radius 3 is 1.80 bits per heavy atom. The fourth-order valence-electron chi connectivity index (χ4n) is 2.19. The maximum atomic E-state index is 12.9. The van der Waals surface area contributed by atoms with Gasteiger partial charge in [-0.3, -0.25) is 0 Å². The number of halogens is 6. The smallest absolute Gasteiger partial charge is 0.393 e. The predicted molar refractivity (Wildman–Crippen MR) is 77.5 cm³/mol. The fraction of sp³-hybridized carbons (Fsp3) is 0.294. The van der Waals surface area contributed by atoms with Crippen molar-refractivity contribution in [2.75, 3.05) is 6.61 Å². The molecule has 0 amide bonds. The zero-order valence-corrected chi connectivity index (χ0v) is 12.7. The van der Waals surface area contributed by atoms with E-state index in [2.05, 4.69) is 0 Å². The van der Waals surface area contributed by atoms with E-state index in [4.69, 9.17) is 4.74 Å². The molecule has 0 aliphatic carbocycles. The number of benzene rings is 2. The molecule has 0 heterocycles. The number of hydrogen-bond acceptors (Lipinski definition) is 2. The van der Waals surface area contributed by atoms with Gasteiger partial charge in [-0.1, -0.05) is 30.3 Å². The number of aliphatic hydroxyl groups excluding tert-OH is 1. The Labute approximate surface area is 139 Å². The molecule has 8 heteroatoms. The first-order valence-electron chi connectivity index (χ1n) is 7.17. The van der Waals surface area contributed by atoms with Crippen LogP contribution in [0.4, 0.5) is 26.3 Å². The summed E-state index contributed by atoms with van der Waals surface area (Å²) < 4.78 is 82.6. The van der Waals surface area contributed by atoms with Gasteiger partial charge in [0.25, 0.3) is 0 Å². The molecule has 2 nitrogen and oxygen atoms in total. The maximum Gasteiger partial charge on any atom is 0.416 e. The van der Waals surface area contributed by atoms with Crippen molar-refractivity contribution in [1.82, 2.24) is 0 Å². The van der Waals surface area contributed by atoms with E-state index in [1.165, 1.54) is 0 Å². The number of rotatable bonds is 5. The van der Waals surface area contributed by atoms with Crippen molar-refractivity contribution in [3.05, 3.63) is 70.8 Å². The van der Waals surface area contributed by atoms with Crippen LogP contribution in [-0.4, -0.2) is 11.7 Å². The number of ether oxygens (including phenoxy) is 1. The van der Waals surface area contributed by atoms with Crippen LogP contribution in [0.3, 0.4) is 0 Å². The second-order valence-corrected chi connectivity index (χ2v) is 5.31. The molecule has 0 bridgehead atoms. The van der Waals surface area contributed by atoms with E-state index in [-0.39, 0.29) is 18.2 Å². The Bertz CT molecular complexity index is 662. The van der Waals surface area contributed by atoms with Crippen molar-refractivity contribution in [3.63, 3.8) is 0 Å². The molecule has 2 rings (SSSR count). The van der Waals surface area contributed by atoms with E-state index >= 15 is 0 Å². The third-order valence-electron chi connectivity index (χ3n) is 3.44. The summed E-state index contributed by atoms with van der Waals surface area (Å²) in [6.45, 7) is -0.824. The van der Waals surface area contributed by atoms with E-state index < -0.39 is 36.2 Å². The quantitative estimate of drug-likeness (QED) is 0.759. The van der Waals surface area contributed by atoms with Gasteiger partial charge in [-0.2, -0.15) is 26.3 Å². The van der Waals surface area contributed by atoms with Crippen LogP contribution in [0.5, 0.6) is 0 Å². The standard InChI is InChI=1S/C17H14F6O2/c18-16(19,20)13-6-12(7-14(8-13)17(21,22)23)15(9-24)25-10-11-4-2-1-3-5-11/h1-8,15,24H,9-10H2. The summed E-state index contributed by atoms with van der Waals surface area (Å²) in [6, 6.07) is 9.67. The molecule has 0 fully saturated rings. The minimum absolute atomic E-state index is 0.0368. The van der Waals surface area contributed by atoms with Crippen molar-refractivity contribution in [2.24, 2.45) is 0 Å². The molecule has 0 aliphatic heterocycles. The lowest BCUT2D eigenvalue weighted by molar-refractivity contribution is -0.143. The zero-order chi connectivity index (χ0) is 18.7. The average molecular weight is 364 g/mol. The molecule has 0 saturated carbocycles. The molecule has 1 N–H and O–H groups in total. The number of hydrogen-bond donors (Lipinski definition) is 1. The van der Waals surface area contributed by atoms with Crippen LogP contribution in [0.1, 0.15) is 28.4 Å². The molecule has 0 saturated heterocycles. The first-order valence-corrected chi connectivity index (χ1v) is 7.17. The monoisotopic (exact) mass is 364 g/mol. The Hall–Kier alpha value is -2.06. The molecule has 0 radical (unpaired) electrons. The van der Waals surface area contributed by atoms with E-state index in [1.54, 1.807) is 30.3 Å². The van der Waals surface area contributed by atoms with Crippen molar-refractivity contribution in [2.45, 2.75) is 25.1 Å². The lowest BCUT2D eigenvalue weighted by Gasteiger charge is -2.20. The minimum Gasteiger partial charge on any atom is -0.393 e. The maximum absolute atomic E-state index is 12.9. The number of alkyl halides is 6. The Kier molecular flexibility index (Phi) is 5.74. The lowest BCUT2D eigenvalue weighted by Crippen LogP contribution is -2.15. The highest BCUT2D eigenvalue weighted by atomic mass is 19.4. The van der Waals surface area contributed by atoms with E-state index in [9.17, 15) is 31.4 Å². The van der Waals surface area contributed by atoms with Gasteiger partial charge in [0.1, 0.15) is 6.10 Å². The molecule has 0 aliphatic rings. The second kappa shape index (κ2) is 7.45. The van der Waals surface area contributed by atoms with Crippen molar-refractivity contribution in [1.29, 1.82) is 0 Å². The highest BCUT2D eigenvalue weighted by Gasteiger charge is 2.37. The van der Waals surface area contributed by atoms with Crippen LogP contribution in [0.15, 0.2) is 48.5 Å². The minimum atomic E-state index is -4.95. The first kappa shape index (κ1) is 19.3. The second-order valence-electron chi connectivity index (χ2n) is 5.31. The first-order chi connectivity index (χ1) is 11.6. The Morgan fingerprint density at radius 1 is 0.840 bits per heavy atom. The highest BCUT2D eigenvalue weighted by Crippen LogP contribution is 2.38. The fourth-order valence-corrected chi connectivity index (χ4v) is 2.19. The van der Waals surface area contributed by atoms with Gasteiger partial charge in [0.05, 0.1) is 24.3 Å². The van der Waals surface area contributed by atoms with Gasteiger partial charge in [0.2, 0.25) is 0 Å². The van der Waals surface area contributed by atoms with Gasteiger partial charge in [-0.25, -0.2) is 0 Å². The third-order valence-corrected chi connectivity index (χ3v) is 3.44. The van der Waals surface area contributed by atoms with Gasteiger partial charge < -0.3 is 9.84 Å². The predicted octanol–water partition coefficient (Wildman–Crippen LogP) is 4.97. The van der Waals surface area contributed by atoms with Crippen LogP contribution in [-0.2, 0) is 23.7 Å². The Morgan fingerprint density at radius 2 is 1.36 bits per heavy atom. The van der Waals surface area contributed by atoms with Crippen LogP contribution < -0.4 is 0 Å². The van der Waals surface area contributed by atoms with Crippen molar-refractivity contribution < 1.29 is 36.2 Å². The summed E-state index contributed by atoms with van der Waals surface area (Å²) in [6.07, 6.45) is -11.2. The molecule has 1 unspecified atom stereocenters. The van der Waals surface area contributed by atoms with E-state index in [1.807, 2.05) is 0 Å². The van der Waals surface area contributed by atoms with Crippen LogP contribution in [0, 0.1) is 0 Å². The summed E-state index contributed by atoms with van der Waals surface area (Å²) in [5.74, 6) is 0. The average Bonchev–Trinajstić information content (AvgIpc) is 2.54. The zero-order valence-electron chi connectivity index (χ0n) is 12.7. The van der Waals surface area contributed by atoms with Crippen molar-refractivity contribution >= 4 is 0 Å². The summed E-state index contributed by atoms with van der Waals surface area (Å²) in [5.41, 5.74) is -2.61. The van der Waals surface area contributed by atoms with E-state index in [0.717, 1.165) is 0 Å². The topological polar surface area (TPSA) is 29.5 Å². The van der Waals surface area contributed by atoms with Gasteiger partial charge in [0.15, 0.2) is 0 Å². The highest BCUT2D eigenvalue weighted by molar-refractivity contribution is 5.35. The van der Waals surface area contributed by atoms with Crippen LogP contribution in [0.2, 0.25) is 0 Å². The molecule has 2 aromatic carbocycles. The summed E-state index contributed by atoms with van der Waals surface area (Å²) in [7, 11) is 0. The number of aliphatic hydroxyl groups is 1. The molecular weight excluding hydrogens is 350 g/mol. The van der Waals surface area contributed by atoms with Crippen LogP contribution in [0.25, 0.3) is 0 Å². The molecule has 1 atom stereocenters.